The van der Waals surface area contributed by atoms with E-state index in [2.05, 4.69) is 49.1 Å². The number of hydrogen-bond donors (Lipinski definition) is 4. The summed E-state index contributed by atoms with van der Waals surface area (Å²) < 4.78 is 13.9. The van der Waals surface area contributed by atoms with Crippen molar-refractivity contribution in [2.75, 3.05) is 10.6 Å². The molecule has 0 aliphatic carbocycles. The lowest BCUT2D eigenvalue weighted by molar-refractivity contribution is -0.125. The highest BCUT2D eigenvalue weighted by atomic mass is 19.1. The van der Waals surface area contributed by atoms with E-state index in [-0.39, 0.29) is 35.8 Å². The van der Waals surface area contributed by atoms with Crippen molar-refractivity contribution in [1.29, 1.82) is 0 Å². The Hall–Kier alpha value is -4.53. The third-order valence-electron chi connectivity index (χ3n) is 7.73. The number of pyridine rings is 1. The summed E-state index contributed by atoms with van der Waals surface area (Å²) in [5.74, 6) is -0.246. The van der Waals surface area contributed by atoms with Gasteiger partial charge in [0.1, 0.15) is 12.0 Å². The third-order valence-corrected chi connectivity index (χ3v) is 7.73. The average molecular weight is 524 g/mol. The van der Waals surface area contributed by atoms with E-state index >= 15 is 0 Å². The van der Waals surface area contributed by atoms with E-state index < -0.39 is 0 Å². The fourth-order valence-corrected chi connectivity index (χ4v) is 5.16. The summed E-state index contributed by atoms with van der Waals surface area (Å²) in [4.78, 5) is 21.4. The van der Waals surface area contributed by atoms with Gasteiger partial charge < -0.3 is 16.0 Å². The number of anilines is 2. The Morgan fingerprint density at radius 2 is 2.00 bits per heavy atom. The molecule has 0 spiro atoms. The van der Waals surface area contributed by atoms with Crippen LogP contribution in [0.15, 0.2) is 66.1 Å². The van der Waals surface area contributed by atoms with Gasteiger partial charge in [-0.1, -0.05) is 39.0 Å². The quantitative estimate of drug-likeness (QED) is 0.252. The van der Waals surface area contributed by atoms with Gasteiger partial charge in [-0.2, -0.15) is 5.10 Å². The third kappa shape index (κ3) is 4.54. The minimum Gasteiger partial charge on any atom is -0.358 e. The second-order valence-corrected chi connectivity index (χ2v) is 10.2. The first-order valence-corrected chi connectivity index (χ1v) is 13.2. The lowest BCUT2D eigenvalue weighted by Gasteiger charge is -2.27. The molecule has 39 heavy (non-hydrogen) atoms. The van der Waals surface area contributed by atoms with Crippen LogP contribution < -0.4 is 16.0 Å². The predicted octanol–water partition coefficient (Wildman–Crippen LogP) is 5.89. The van der Waals surface area contributed by atoms with Crippen molar-refractivity contribution >= 4 is 40.0 Å². The number of aromatic amines is 1. The van der Waals surface area contributed by atoms with E-state index in [9.17, 15) is 9.18 Å². The van der Waals surface area contributed by atoms with E-state index in [1.807, 2.05) is 44.5 Å². The SMILES string of the molecule is CCC(C)C(=O)NC1C=NC=C(c2ccc3n[nH]c(C4Nc5cncc(-c6cccc(F)c6)c5N4)c3c2)C1C. The molecule has 2 aliphatic heterocycles. The number of aliphatic imine (C=N–C) groups is 1. The maximum absolute atomic E-state index is 13.9. The standard InChI is InChI=1S/C30H30FN7O/c1-4-16(2)30(39)35-25-14-32-12-22(17(25)3)19-8-9-24-21(11-19)28(38-37-24)29-34-26-15-33-13-23(27(26)36-29)18-6-5-7-20(31)10-18/h5-17,25,29,34,36H,4H2,1-3H3,(H,35,39)(H,37,38). The van der Waals surface area contributed by atoms with Crippen LogP contribution in [-0.4, -0.2) is 33.3 Å². The largest absolute Gasteiger partial charge is 0.358 e. The molecule has 8 nitrogen and oxygen atoms in total. The van der Waals surface area contributed by atoms with Crippen molar-refractivity contribution in [3.05, 3.63) is 78.1 Å². The highest BCUT2D eigenvalue weighted by Crippen LogP contribution is 2.42. The lowest BCUT2D eigenvalue weighted by Crippen LogP contribution is -2.44. The molecule has 0 bridgehead atoms. The second kappa shape index (κ2) is 9.98. The first kappa shape index (κ1) is 24.8. The predicted molar refractivity (Wildman–Crippen MR) is 153 cm³/mol. The Bertz CT molecular complexity index is 1620. The van der Waals surface area contributed by atoms with Crippen LogP contribution in [0.25, 0.3) is 27.6 Å². The molecule has 198 valence electrons. The van der Waals surface area contributed by atoms with Gasteiger partial charge >= 0.3 is 0 Å². The van der Waals surface area contributed by atoms with Crippen molar-refractivity contribution < 1.29 is 9.18 Å². The van der Waals surface area contributed by atoms with E-state index in [1.54, 1.807) is 18.5 Å². The summed E-state index contributed by atoms with van der Waals surface area (Å²) in [7, 11) is 0. The number of hydrogen-bond acceptors (Lipinski definition) is 6. The molecule has 4 N–H and O–H groups in total. The maximum atomic E-state index is 13.9. The number of aromatic nitrogens is 3. The topological polar surface area (TPSA) is 107 Å². The minimum atomic E-state index is -0.294. The van der Waals surface area contributed by atoms with Crippen LogP contribution in [0.2, 0.25) is 0 Å². The number of nitrogens with zero attached hydrogens (tertiary/aromatic N) is 3. The molecule has 4 aromatic rings. The van der Waals surface area contributed by atoms with Gasteiger partial charge in [-0.15, -0.1) is 0 Å². The summed E-state index contributed by atoms with van der Waals surface area (Å²) in [5, 5.41) is 18.9. The molecule has 2 aliphatic rings. The Balaban J connectivity index is 1.29. The Morgan fingerprint density at radius 1 is 1.13 bits per heavy atom. The van der Waals surface area contributed by atoms with Crippen LogP contribution in [0.4, 0.5) is 15.8 Å². The van der Waals surface area contributed by atoms with Crippen LogP contribution in [-0.2, 0) is 4.79 Å². The normalized spacial score (nSPS) is 20.6. The first-order valence-electron chi connectivity index (χ1n) is 13.2. The van der Waals surface area contributed by atoms with Crippen LogP contribution >= 0.6 is 0 Å². The van der Waals surface area contributed by atoms with E-state index in [1.165, 1.54) is 12.1 Å². The number of benzene rings is 2. The smallest absolute Gasteiger partial charge is 0.223 e. The van der Waals surface area contributed by atoms with Crippen molar-refractivity contribution in [3.8, 4) is 11.1 Å². The zero-order chi connectivity index (χ0) is 27.1. The maximum Gasteiger partial charge on any atom is 0.223 e. The first-order chi connectivity index (χ1) is 18.9. The van der Waals surface area contributed by atoms with E-state index in [0.717, 1.165) is 56.7 Å². The number of carbonyl (C=O) groups is 1. The summed E-state index contributed by atoms with van der Waals surface area (Å²) in [6.45, 7) is 6.05. The zero-order valence-corrected chi connectivity index (χ0v) is 22.0. The summed E-state index contributed by atoms with van der Waals surface area (Å²) in [6, 6.07) is 12.5. The molecule has 0 radical (unpaired) electrons. The van der Waals surface area contributed by atoms with Crippen molar-refractivity contribution in [2.45, 2.75) is 39.4 Å². The number of halogens is 1. The molecule has 0 saturated heterocycles. The monoisotopic (exact) mass is 523 g/mol. The Morgan fingerprint density at radius 3 is 2.82 bits per heavy atom. The molecule has 4 unspecified atom stereocenters. The molecular formula is C30H30FN7O. The number of H-pyrrole nitrogens is 1. The van der Waals surface area contributed by atoms with Gasteiger partial charge in [0.2, 0.25) is 5.91 Å². The van der Waals surface area contributed by atoms with Gasteiger partial charge in [-0.05, 0) is 47.4 Å². The molecule has 2 aromatic carbocycles. The van der Waals surface area contributed by atoms with E-state index in [4.69, 9.17) is 0 Å². The molecule has 4 atom stereocenters. The fourth-order valence-electron chi connectivity index (χ4n) is 5.16. The Labute approximate surface area is 225 Å². The molecule has 6 rings (SSSR count). The second-order valence-electron chi connectivity index (χ2n) is 10.2. The van der Waals surface area contributed by atoms with Gasteiger partial charge in [0.25, 0.3) is 0 Å². The molecule has 4 heterocycles. The van der Waals surface area contributed by atoms with Crippen LogP contribution in [0.1, 0.15) is 44.6 Å². The van der Waals surface area contributed by atoms with Gasteiger partial charge in [0.15, 0.2) is 0 Å². The van der Waals surface area contributed by atoms with Crippen molar-refractivity contribution in [3.63, 3.8) is 0 Å². The minimum absolute atomic E-state index is 0.0414. The highest BCUT2D eigenvalue weighted by molar-refractivity contribution is 5.93. The van der Waals surface area contributed by atoms with Crippen molar-refractivity contribution in [2.24, 2.45) is 16.8 Å². The number of rotatable bonds is 6. The Kier molecular flexibility index (Phi) is 6.34. The molecule has 2 aromatic heterocycles. The van der Waals surface area contributed by atoms with Gasteiger partial charge in [0.05, 0.1) is 34.8 Å². The van der Waals surface area contributed by atoms with E-state index in [0.29, 0.717) is 0 Å². The summed E-state index contributed by atoms with van der Waals surface area (Å²) in [6.07, 6.45) is 7.69. The van der Waals surface area contributed by atoms with Gasteiger partial charge in [0, 0.05) is 41.4 Å². The average Bonchev–Trinajstić information content (AvgIpc) is 3.57. The number of nitrogens with one attached hydrogen (secondary N) is 4. The van der Waals surface area contributed by atoms with Gasteiger partial charge in [-0.25, -0.2) is 4.39 Å². The summed E-state index contributed by atoms with van der Waals surface area (Å²) in [5.41, 5.74) is 7.05. The molecule has 0 fully saturated rings. The van der Waals surface area contributed by atoms with Gasteiger partial charge in [-0.3, -0.25) is 19.9 Å². The number of carbonyl (C=O) groups excluding carboxylic acids is 1. The molecule has 9 heteroatoms. The molecule has 1 amide bonds. The van der Waals surface area contributed by atoms with Crippen LogP contribution in [0, 0.1) is 17.7 Å². The molecule has 0 saturated carbocycles. The summed E-state index contributed by atoms with van der Waals surface area (Å²) >= 11 is 0. The highest BCUT2D eigenvalue weighted by Gasteiger charge is 2.29. The van der Waals surface area contributed by atoms with Crippen LogP contribution in [0.5, 0.6) is 0 Å². The zero-order valence-electron chi connectivity index (χ0n) is 22.0. The number of amides is 1. The fraction of sp³-hybridized carbons (Fsp3) is 0.267. The van der Waals surface area contributed by atoms with Crippen molar-refractivity contribution in [1.82, 2.24) is 20.5 Å². The molecular weight excluding hydrogens is 493 g/mol. The number of fused-ring (bicyclic) bond motifs is 2. The lowest BCUT2D eigenvalue weighted by atomic mass is 9.87. The van der Waals surface area contributed by atoms with Crippen LogP contribution in [0.3, 0.4) is 0 Å².